The number of aliphatic hydroxyl groups excluding tert-OH is 8. The molecule has 0 amide bonds. The van der Waals surface area contributed by atoms with Crippen molar-refractivity contribution in [1.82, 2.24) is 0 Å². The van der Waals surface area contributed by atoms with Crippen molar-refractivity contribution >= 4 is 0 Å². The second-order valence-electron chi connectivity index (χ2n) is 18.7. The van der Waals surface area contributed by atoms with Crippen LogP contribution < -0.4 is 0 Å². The molecule has 4 aliphatic carbocycles. The van der Waals surface area contributed by atoms with Crippen LogP contribution in [-0.2, 0) is 28.4 Å². The van der Waals surface area contributed by atoms with Crippen LogP contribution in [0.2, 0.25) is 0 Å². The molecule has 0 aromatic heterocycles. The first-order valence-corrected chi connectivity index (χ1v) is 20.8. The van der Waals surface area contributed by atoms with Crippen molar-refractivity contribution in [3.8, 4) is 0 Å². The standard InChI is InChI=1S/C42H70O14/c1-19(2)20(3)9-10-21(4)30-28(16-24-29-23(12-14-42(24,30)6)41(5)13-11-22(43)15-25(41)31(46)32(29)47)53-40-35(50)38(37(55-40)27(45)18-52-8)56-39-34(49)33(48)36(54-39)26(44)17-51-7/h19,21-23,25-28,30-40,43-50H,3,9-18H2,1-2,4-8H3/t21-,22+,23+,25-,26-,27-,28-,30+,31+,32-,33-,34-,35-,36+,37+,38-,39+,40-,41-,42+/m1/s1. The summed E-state index contributed by atoms with van der Waals surface area (Å²) in [6.07, 6.45) is -11.0. The second kappa shape index (κ2) is 17.5. The van der Waals surface area contributed by atoms with Crippen LogP contribution in [0.3, 0.4) is 0 Å². The van der Waals surface area contributed by atoms with Gasteiger partial charge in [0, 0.05) is 14.2 Å². The number of hydrogen-bond donors (Lipinski definition) is 8. The Morgan fingerprint density at radius 1 is 0.821 bits per heavy atom. The zero-order valence-electron chi connectivity index (χ0n) is 34.3. The Kier molecular flexibility index (Phi) is 13.9. The predicted molar refractivity (Wildman–Crippen MR) is 203 cm³/mol. The summed E-state index contributed by atoms with van der Waals surface area (Å²) in [4.78, 5) is 0. The van der Waals surface area contributed by atoms with E-state index in [4.69, 9.17) is 28.4 Å². The van der Waals surface area contributed by atoms with Crippen LogP contribution in [0.1, 0.15) is 86.0 Å². The number of hydrogen-bond acceptors (Lipinski definition) is 14. The van der Waals surface area contributed by atoms with Gasteiger partial charge in [-0.2, -0.15) is 0 Å². The summed E-state index contributed by atoms with van der Waals surface area (Å²) in [5.41, 5.74) is 2.46. The van der Waals surface area contributed by atoms with E-state index in [1.165, 1.54) is 14.2 Å². The molecule has 0 bridgehead atoms. The van der Waals surface area contributed by atoms with Crippen molar-refractivity contribution in [2.45, 2.75) is 172 Å². The van der Waals surface area contributed by atoms with E-state index in [0.29, 0.717) is 25.2 Å². The Bertz CT molecular complexity index is 1390. The van der Waals surface area contributed by atoms with Crippen molar-refractivity contribution in [1.29, 1.82) is 0 Å². The third-order valence-corrected chi connectivity index (χ3v) is 15.0. The van der Waals surface area contributed by atoms with Crippen LogP contribution >= 0.6 is 0 Å². The van der Waals surface area contributed by atoms with Gasteiger partial charge in [-0.05, 0) is 97.4 Å². The molecule has 14 heteroatoms. The topological polar surface area (TPSA) is 217 Å². The highest BCUT2D eigenvalue weighted by Crippen LogP contribution is 2.66. The Morgan fingerprint density at radius 2 is 1.45 bits per heavy atom. The molecule has 0 aromatic carbocycles. The van der Waals surface area contributed by atoms with Gasteiger partial charge < -0.3 is 69.3 Å². The van der Waals surface area contributed by atoms with Crippen molar-refractivity contribution < 1.29 is 69.3 Å². The summed E-state index contributed by atoms with van der Waals surface area (Å²) in [5.74, 6) is 0.191. The van der Waals surface area contributed by atoms with Crippen LogP contribution in [-0.4, -0.2) is 154 Å². The van der Waals surface area contributed by atoms with E-state index >= 15 is 0 Å². The lowest BCUT2D eigenvalue weighted by atomic mass is 9.47. The van der Waals surface area contributed by atoms with E-state index in [1.54, 1.807) is 0 Å². The van der Waals surface area contributed by atoms with E-state index in [9.17, 15) is 40.9 Å². The largest absolute Gasteiger partial charge is 0.393 e. The van der Waals surface area contributed by atoms with Gasteiger partial charge in [-0.3, -0.25) is 0 Å². The van der Waals surface area contributed by atoms with Crippen LogP contribution in [0.25, 0.3) is 0 Å². The Morgan fingerprint density at radius 3 is 2.09 bits per heavy atom. The van der Waals surface area contributed by atoms with Gasteiger partial charge in [-0.1, -0.05) is 52.3 Å². The Hall–Kier alpha value is -1.08. The molecular weight excluding hydrogens is 728 g/mol. The minimum Gasteiger partial charge on any atom is -0.393 e. The molecule has 5 fully saturated rings. The predicted octanol–water partition coefficient (Wildman–Crippen LogP) is 1.57. The van der Waals surface area contributed by atoms with E-state index < -0.39 is 91.2 Å². The lowest BCUT2D eigenvalue weighted by Crippen LogP contribution is -2.58. The maximum Gasteiger partial charge on any atom is 0.187 e. The first kappa shape index (κ1) is 44.5. The molecule has 56 heavy (non-hydrogen) atoms. The first-order chi connectivity index (χ1) is 26.4. The monoisotopic (exact) mass is 798 g/mol. The second-order valence-corrected chi connectivity index (χ2v) is 18.7. The highest BCUT2D eigenvalue weighted by molar-refractivity contribution is 5.39. The van der Waals surface area contributed by atoms with E-state index in [-0.39, 0.29) is 42.3 Å². The van der Waals surface area contributed by atoms with Crippen molar-refractivity contribution in [2.24, 2.45) is 40.4 Å². The SMILES string of the molecule is C=C(CC[C@@H](C)[C@H]1[C@H](O[C@@H]2O[C@@H]([C@H](O)COC)[C@H](O[C@@H]3O[C@@H]([C@H](O)COC)[C@H](O)[C@H]3O)[C@H]2O)CC2=C3[C@@H](O)[C@@H](O)[C@H]4C[C@@H](O)CC[C@]4(C)[C@H]3CC[C@@]21C)C(C)C. The highest BCUT2D eigenvalue weighted by atomic mass is 16.8. The smallest absolute Gasteiger partial charge is 0.187 e. The average molecular weight is 799 g/mol. The average Bonchev–Trinajstić information content (AvgIpc) is 3.73. The lowest BCUT2D eigenvalue weighted by Gasteiger charge is -2.59. The number of ether oxygens (including phenoxy) is 6. The first-order valence-electron chi connectivity index (χ1n) is 20.8. The molecule has 322 valence electrons. The fourth-order valence-corrected chi connectivity index (χ4v) is 11.7. The zero-order chi connectivity index (χ0) is 41.0. The van der Waals surface area contributed by atoms with Crippen molar-refractivity contribution in [2.75, 3.05) is 27.4 Å². The number of allylic oxidation sites excluding steroid dienone is 1. The lowest BCUT2D eigenvalue weighted by molar-refractivity contribution is -0.226. The van der Waals surface area contributed by atoms with Crippen LogP contribution in [0.15, 0.2) is 23.3 Å². The summed E-state index contributed by atoms with van der Waals surface area (Å²) < 4.78 is 35.2. The molecule has 2 aliphatic heterocycles. The van der Waals surface area contributed by atoms with E-state index in [1.807, 2.05) is 0 Å². The summed E-state index contributed by atoms with van der Waals surface area (Å²) >= 11 is 0. The number of methoxy groups -OCH3 is 2. The summed E-state index contributed by atoms with van der Waals surface area (Å²) in [5, 5.41) is 89.3. The molecule has 6 rings (SSSR count). The van der Waals surface area contributed by atoms with Gasteiger partial charge in [0.1, 0.15) is 54.9 Å². The van der Waals surface area contributed by atoms with Gasteiger partial charge >= 0.3 is 0 Å². The van der Waals surface area contributed by atoms with Crippen molar-refractivity contribution in [3.63, 3.8) is 0 Å². The zero-order valence-corrected chi connectivity index (χ0v) is 34.3. The Balaban J connectivity index is 1.31. The molecule has 0 aromatic rings. The molecule has 6 aliphatic rings. The van der Waals surface area contributed by atoms with Gasteiger partial charge in [-0.25, -0.2) is 0 Å². The molecule has 2 saturated heterocycles. The molecule has 3 saturated carbocycles. The normalized spacial score (nSPS) is 46.8. The minimum absolute atomic E-state index is 0.0380. The molecule has 2 heterocycles. The van der Waals surface area contributed by atoms with Gasteiger partial charge in [0.2, 0.25) is 0 Å². The molecule has 14 nitrogen and oxygen atoms in total. The van der Waals surface area contributed by atoms with Crippen LogP contribution in [0.5, 0.6) is 0 Å². The molecular formula is C42H70O14. The molecule has 0 radical (unpaired) electrons. The fourth-order valence-electron chi connectivity index (χ4n) is 11.7. The number of aliphatic hydroxyl groups is 8. The van der Waals surface area contributed by atoms with E-state index in [2.05, 4.69) is 41.2 Å². The Labute approximate surface area is 331 Å². The van der Waals surface area contributed by atoms with Crippen LogP contribution in [0.4, 0.5) is 0 Å². The number of fused-ring (bicyclic) bond motifs is 4. The summed E-state index contributed by atoms with van der Waals surface area (Å²) in [6, 6.07) is 0. The maximum atomic E-state index is 12.0. The summed E-state index contributed by atoms with van der Waals surface area (Å²) in [7, 11) is 2.79. The third kappa shape index (κ3) is 7.95. The van der Waals surface area contributed by atoms with Crippen LogP contribution in [0, 0.1) is 40.4 Å². The number of rotatable bonds is 15. The van der Waals surface area contributed by atoms with E-state index in [0.717, 1.165) is 48.8 Å². The minimum atomic E-state index is -1.59. The molecule has 0 unspecified atom stereocenters. The quantitative estimate of drug-likeness (QED) is 0.111. The third-order valence-electron chi connectivity index (χ3n) is 15.0. The molecule has 8 N–H and O–H groups in total. The fraction of sp³-hybridized carbons (Fsp3) is 0.905. The molecule has 0 spiro atoms. The van der Waals surface area contributed by atoms with Gasteiger partial charge in [0.15, 0.2) is 12.6 Å². The summed E-state index contributed by atoms with van der Waals surface area (Å²) in [6.45, 7) is 14.9. The maximum absolute atomic E-state index is 12.0. The van der Waals surface area contributed by atoms with Crippen molar-refractivity contribution in [3.05, 3.63) is 23.3 Å². The van der Waals surface area contributed by atoms with Gasteiger partial charge in [0.05, 0.1) is 31.5 Å². The highest BCUT2D eigenvalue weighted by Gasteiger charge is 2.63. The molecule has 20 atom stereocenters. The van der Waals surface area contributed by atoms with Gasteiger partial charge in [0.25, 0.3) is 0 Å². The van der Waals surface area contributed by atoms with Gasteiger partial charge in [-0.15, -0.1) is 0 Å².